The van der Waals surface area contributed by atoms with E-state index >= 15 is 0 Å². The van der Waals surface area contributed by atoms with Gasteiger partial charge in [-0.2, -0.15) is 5.26 Å². The summed E-state index contributed by atoms with van der Waals surface area (Å²) in [6, 6.07) is 3.57. The van der Waals surface area contributed by atoms with E-state index < -0.39 is 0 Å². The first-order valence-corrected chi connectivity index (χ1v) is 3.63. The molecule has 1 aromatic rings. The van der Waals surface area contributed by atoms with Crippen molar-refractivity contribution in [1.82, 2.24) is 4.98 Å². The fourth-order valence-corrected chi connectivity index (χ4v) is 1.04. The maximum Gasteiger partial charge on any atom is 0.195 e. The van der Waals surface area contributed by atoms with Gasteiger partial charge in [-0.05, 0) is 6.07 Å². The summed E-state index contributed by atoms with van der Waals surface area (Å²) < 4.78 is 5.01. The Balaban J connectivity index is 2.80. The maximum atomic E-state index is 8.42. The van der Waals surface area contributed by atoms with Crippen LogP contribution in [0.2, 0.25) is 0 Å². The van der Waals surface area contributed by atoms with E-state index in [1.807, 2.05) is 12.1 Å². The molecule has 64 valence electrons. The predicted molar refractivity (Wildman–Crippen MR) is 44.5 cm³/mol. The van der Waals surface area contributed by atoms with E-state index in [1.54, 1.807) is 13.3 Å². The highest BCUT2D eigenvalue weighted by Crippen LogP contribution is 2.23. The molecule has 1 aromatic heterocycles. The van der Waals surface area contributed by atoms with Crippen LogP contribution in [-0.4, -0.2) is 12.1 Å². The molecule has 0 spiro atoms. The molecule has 1 rings (SSSR count). The van der Waals surface area contributed by atoms with Gasteiger partial charge in [-0.3, -0.25) is 0 Å². The Morgan fingerprint density at radius 2 is 2.58 bits per heavy atom. The van der Waals surface area contributed by atoms with Gasteiger partial charge in [0, 0.05) is 17.8 Å². The Labute approximate surface area is 70.9 Å². The molecule has 0 aromatic carbocycles. The van der Waals surface area contributed by atoms with Crippen LogP contribution in [0.15, 0.2) is 12.3 Å². The third kappa shape index (κ3) is 1.57. The highest BCUT2D eigenvalue weighted by molar-refractivity contribution is 5.30. The van der Waals surface area contributed by atoms with E-state index in [9.17, 15) is 0 Å². The predicted octanol–water partition coefficient (Wildman–Crippen LogP) is 0.937. The van der Waals surface area contributed by atoms with E-state index in [2.05, 4.69) is 4.98 Å². The number of nitrogens with two attached hydrogens (primary N) is 1. The van der Waals surface area contributed by atoms with Gasteiger partial charge in [-0.1, -0.05) is 0 Å². The van der Waals surface area contributed by atoms with Crippen LogP contribution in [0.5, 0.6) is 5.88 Å². The zero-order valence-corrected chi connectivity index (χ0v) is 6.87. The van der Waals surface area contributed by atoms with Gasteiger partial charge < -0.3 is 15.5 Å². The first-order chi connectivity index (χ1) is 5.79. The topological polar surface area (TPSA) is 74.8 Å². The summed E-state index contributed by atoms with van der Waals surface area (Å²) in [5.41, 5.74) is 6.55. The molecule has 0 aliphatic rings. The molecule has 0 amide bonds. The van der Waals surface area contributed by atoms with Crippen molar-refractivity contribution >= 4 is 0 Å². The Hall–Kier alpha value is -1.47. The van der Waals surface area contributed by atoms with E-state index in [1.165, 1.54) is 0 Å². The van der Waals surface area contributed by atoms with Crippen molar-refractivity contribution < 1.29 is 4.74 Å². The first kappa shape index (κ1) is 8.62. The summed E-state index contributed by atoms with van der Waals surface area (Å²) in [4.78, 5) is 2.88. The molecule has 0 aliphatic carbocycles. The van der Waals surface area contributed by atoms with Crippen molar-refractivity contribution in [3.8, 4) is 11.9 Å². The Morgan fingerprint density at radius 1 is 1.83 bits per heavy atom. The summed E-state index contributed by atoms with van der Waals surface area (Å²) in [6.07, 6.45) is 2.04. The second kappa shape index (κ2) is 3.79. The Kier molecular flexibility index (Phi) is 2.72. The SMILES string of the molecule is COc1[nH]ccc1C(N)CC#N. The second-order valence-corrected chi connectivity index (χ2v) is 2.43. The number of methoxy groups -OCH3 is 1. The second-order valence-electron chi connectivity index (χ2n) is 2.43. The summed E-state index contributed by atoms with van der Waals surface area (Å²) >= 11 is 0. The highest BCUT2D eigenvalue weighted by atomic mass is 16.5. The number of aromatic nitrogens is 1. The van der Waals surface area contributed by atoms with Crippen LogP contribution in [0.25, 0.3) is 0 Å². The third-order valence-electron chi connectivity index (χ3n) is 1.65. The molecule has 0 aliphatic heterocycles. The number of nitriles is 1. The lowest BCUT2D eigenvalue weighted by Gasteiger charge is -2.06. The van der Waals surface area contributed by atoms with Gasteiger partial charge in [0.1, 0.15) is 0 Å². The first-order valence-electron chi connectivity index (χ1n) is 3.63. The van der Waals surface area contributed by atoms with Crippen molar-refractivity contribution in [2.45, 2.75) is 12.5 Å². The fourth-order valence-electron chi connectivity index (χ4n) is 1.04. The van der Waals surface area contributed by atoms with Crippen LogP contribution in [0.3, 0.4) is 0 Å². The summed E-state index contributed by atoms with van der Waals surface area (Å²) in [7, 11) is 1.56. The minimum absolute atomic E-state index is 0.267. The number of nitrogens with zero attached hydrogens (tertiary/aromatic N) is 1. The summed E-state index contributed by atoms with van der Waals surface area (Å²) in [5.74, 6) is 0.637. The molecule has 4 nitrogen and oxygen atoms in total. The monoisotopic (exact) mass is 165 g/mol. The summed E-state index contributed by atoms with van der Waals surface area (Å²) in [5, 5.41) is 8.42. The Bertz CT molecular complexity index is 287. The van der Waals surface area contributed by atoms with Gasteiger partial charge in [-0.25, -0.2) is 0 Å². The zero-order valence-electron chi connectivity index (χ0n) is 6.87. The minimum Gasteiger partial charge on any atom is -0.482 e. The number of aromatic amines is 1. The van der Waals surface area contributed by atoms with Crippen molar-refractivity contribution in [2.24, 2.45) is 5.73 Å². The van der Waals surface area contributed by atoms with Gasteiger partial charge >= 0.3 is 0 Å². The van der Waals surface area contributed by atoms with E-state index in [0.717, 1.165) is 5.56 Å². The lowest BCUT2D eigenvalue weighted by Crippen LogP contribution is -2.09. The smallest absolute Gasteiger partial charge is 0.195 e. The number of ether oxygens (including phenoxy) is 1. The number of rotatable bonds is 3. The molecule has 4 heteroatoms. The molecule has 12 heavy (non-hydrogen) atoms. The molecule has 1 unspecified atom stereocenters. The van der Waals surface area contributed by atoms with Crippen molar-refractivity contribution in [3.63, 3.8) is 0 Å². The van der Waals surface area contributed by atoms with Crippen LogP contribution in [0.1, 0.15) is 18.0 Å². The Morgan fingerprint density at radius 3 is 3.17 bits per heavy atom. The average Bonchev–Trinajstić information content (AvgIpc) is 2.51. The van der Waals surface area contributed by atoms with Crippen LogP contribution in [0, 0.1) is 11.3 Å². The normalized spacial score (nSPS) is 12.1. The van der Waals surface area contributed by atoms with Crippen molar-refractivity contribution in [1.29, 1.82) is 5.26 Å². The van der Waals surface area contributed by atoms with Crippen molar-refractivity contribution in [2.75, 3.05) is 7.11 Å². The number of hydrogen-bond acceptors (Lipinski definition) is 3. The van der Waals surface area contributed by atoms with Crippen LogP contribution in [0.4, 0.5) is 0 Å². The van der Waals surface area contributed by atoms with Gasteiger partial charge in [0.15, 0.2) is 5.88 Å². The molecule has 0 saturated heterocycles. The summed E-state index contributed by atoms with van der Waals surface area (Å²) in [6.45, 7) is 0. The van der Waals surface area contributed by atoms with Crippen LogP contribution < -0.4 is 10.5 Å². The third-order valence-corrected chi connectivity index (χ3v) is 1.65. The number of H-pyrrole nitrogens is 1. The van der Waals surface area contributed by atoms with E-state index in [4.69, 9.17) is 15.7 Å². The molecule has 0 saturated carbocycles. The lowest BCUT2D eigenvalue weighted by molar-refractivity contribution is 0.392. The fraction of sp³-hybridized carbons (Fsp3) is 0.375. The standard InChI is InChI=1S/C8H11N3O/c1-12-8-6(3-5-11-8)7(10)2-4-9/h3,5,7,11H,2,10H2,1H3. The maximum absolute atomic E-state index is 8.42. The molecule has 1 heterocycles. The quantitative estimate of drug-likeness (QED) is 0.699. The molecule has 0 fully saturated rings. The molecular weight excluding hydrogens is 154 g/mol. The van der Waals surface area contributed by atoms with Gasteiger partial charge in [0.05, 0.1) is 19.6 Å². The van der Waals surface area contributed by atoms with E-state index in [0.29, 0.717) is 12.3 Å². The van der Waals surface area contributed by atoms with Crippen LogP contribution in [-0.2, 0) is 0 Å². The average molecular weight is 165 g/mol. The minimum atomic E-state index is -0.267. The lowest BCUT2D eigenvalue weighted by atomic mass is 10.1. The van der Waals surface area contributed by atoms with Crippen molar-refractivity contribution in [3.05, 3.63) is 17.8 Å². The molecule has 1 atom stereocenters. The van der Waals surface area contributed by atoms with Crippen LogP contribution >= 0.6 is 0 Å². The van der Waals surface area contributed by atoms with E-state index in [-0.39, 0.29) is 6.04 Å². The van der Waals surface area contributed by atoms with Gasteiger partial charge in [0.2, 0.25) is 0 Å². The molecule has 0 bridgehead atoms. The van der Waals surface area contributed by atoms with Gasteiger partial charge in [0.25, 0.3) is 0 Å². The number of nitrogens with one attached hydrogen (secondary N) is 1. The largest absolute Gasteiger partial charge is 0.482 e. The zero-order chi connectivity index (χ0) is 8.97. The molecule has 3 N–H and O–H groups in total. The molecule has 0 radical (unpaired) electrons. The highest BCUT2D eigenvalue weighted by Gasteiger charge is 2.11. The molecular formula is C8H11N3O. The van der Waals surface area contributed by atoms with Gasteiger partial charge in [-0.15, -0.1) is 0 Å². The number of hydrogen-bond donors (Lipinski definition) is 2.